The number of rotatable bonds is 2. The second-order valence-electron chi connectivity index (χ2n) is 2.95. The van der Waals surface area contributed by atoms with Gasteiger partial charge in [0.2, 0.25) is 0 Å². The zero-order valence-corrected chi connectivity index (χ0v) is 7.00. The van der Waals surface area contributed by atoms with E-state index < -0.39 is 11.9 Å². The molecule has 12 heavy (non-hydrogen) atoms. The molecule has 1 fully saturated rings. The molecule has 0 aromatic carbocycles. The summed E-state index contributed by atoms with van der Waals surface area (Å²) in [6.45, 7) is 6.47. The summed E-state index contributed by atoms with van der Waals surface area (Å²) >= 11 is 0. The Bertz CT molecular complexity index is 216. The van der Waals surface area contributed by atoms with Gasteiger partial charge in [-0.1, -0.05) is 12.2 Å². The minimum absolute atomic E-state index is 0.179. The van der Waals surface area contributed by atoms with Crippen molar-refractivity contribution in [2.75, 3.05) is 19.6 Å². The van der Waals surface area contributed by atoms with E-state index in [1.165, 1.54) is 0 Å². The summed E-state index contributed by atoms with van der Waals surface area (Å²) in [7, 11) is 0. The van der Waals surface area contributed by atoms with Crippen LogP contribution in [0, 0.1) is 0 Å². The van der Waals surface area contributed by atoms with E-state index in [4.69, 9.17) is 0 Å². The summed E-state index contributed by atoms with van der Waals surface area (Å²) in [6.07, 6.45) is 0. The summed E-state index contributed by atoms with van der Waals surface area (Å²) in [4.78, 5) is 23.2. The van der Waals surface area contributed by atoms with Crippen LogP contribution in [0.25, 0.3) is 0 Å². The summed E-state index contributed by atoms with van der Waals surface area (Å²) < 4.78 is 4.35. The van der Waals surface area contributed by atoms with E-state index in [0.29, 0.717) is 6.54 Å². The molecule has 0 spiro atoms. The van der Waals surface area contributed by atoms with Crippen LogP contribution >= 0.6 is 0 Å². The Labute approximate surface area is 70.8 Å². The third kappa shape index (κ3) is 2.47. The van der Waals surface area contributed by atoms with E-state index in [-0.39, 0.29) is 13.1 Å². The van der Waals surface area contributed by atoms with Crippen LogP contribution in [0.2, 0.25) is 0 Å². The lowest BCUT2D eigenvalue weighted by Gasteiger charge is -2.23. The standard InChI is InChI=1S/C8H11NO3/c1-6(2)3-9-4-7(10)12-8(11)5-9/h1,3-5H2,2H3. The van der Waals surface area contributed by atoms with E-state index >= 15 is 0 Å². The van der Waals surface area contributed by atoms with E-state index in [0.717, 1.165) is 5.57 Å². The van der Waals surface area contributed by atoms with Crippen LogP contribution in [0.5, 0.6) is 0 Å². The van der Waals surface area contributed by atoms with Crippen LogP contribution in [-0.2, 0) is 14.3 Å². The molecule has 1 aliphatic heterocycles. The number of carbonyl (C=O) groups is 2. The van der Waals surface area contributed by atoms with Gasteiger partial charge in [0.15, 0.2) is 0 Å². The fraction of sp³-hybridized carbons (Fsp3) is 0.500. The van der Waals surface area contributed by atoms with Gasteiger partial charge in [0.1, 0.15) is 0 Å². The molecule has 0 radical (unpaired) electrons. The number of morpholine rings is 1. The van der Waals surface area contributed by atoms with Crippen molar-refractivity contribution in [3.8, 4) is 0 Å². The highest BCUT2D eigenvalue weighted by atomic mass is 16.6. The van der Waals surface area contributed by atoms with Crippen LogP contribution in [-0.4, -0.2) is 36.5 Å². The van der Waals surface area contributed by atoms with Gasteiger partial charge in [-0.15, -0.1) is 0 Å². The molecule has 1 rings (SSSR count). The van der Waals surface area contributed by atoms with E-state index in [1.54, 1.807) is 4.90 Å². The fourth-order valence-electron chi connectivity index (χ4n) is 1.11. The molecule has 0 atom stereocenters. The first-order chi connectivity index (χ1) is 5.58. The van der Waals surface area contributed by atoms with E-state index in [9.17, 15) is 9.59 Å². The molecule has 0 aromatic heterocycles. The molecule has 1 saturated heterocycles. The average Bonchev–Trinajstić information content (AvgIpc) is 1.81. The molecule has 1 aliphatic rings. The molecule has 4 nitrogen and oxygen atoms in total. The number of esters is 2. The molecule has 0 aromatic rings. The lowest BCUT2D eigenvalue weighted by atomic mass is 10.3. The number of nitrogens with zero attached hydrogens (tertiary/aromatic N) is 1. The average molecular weight is 169 g/mol. The first-order valence-corrected chi connectivity index (χ1v) is 3.68. The summed E-state index contributed by atoms with van der Waals surface area (Å²) in [6, 6.07) is 0. The molecular weight excluding hydrogens is 158 g/mol. The Hall–Kier alpha value is -1.16. The SMILES string of the molecule is C=C(C)CN1CC(=O)OC(=O)C1. The number of hydrogen-bond acceptors (Lipinski definition) is 4. The zero-order valence-electron chi connectivity index (χ0n) is 7.00. The largest absolute Gasteiger partial charge is 0.391 e. The Morgan fingerprint density at radius 1 is 1.50 bits per heavy atom. The molecule has 66 valence electrons. The van der Waals surface area contributed by atoms with Crippen molar-refractivity contribution in [1.29, 1.82) is 0 Å². The highest BCUT2D eigenvalue weighted by molar-refractivity contribution is 5.90. The van der Waals surface area contributed by atoms with Crippen molar-refractivity contribution < 1.29 is 14.3 Å². The molecule has 0 N–H and O–H groups in total. The summed E-state index contributed by atoms with van der Waals surface area (Å²) in [5, 5.41) is 0. The monoisotopic (exact) mass is 169 g/mol. The van der Waals surface area contributed by atoms with Gasteiger partial charge in [-0.05, 0) is 6.92 Å². The molecular formula is C8H11NO3. The van der Waals surface area contributed by atoms with Gasteiger partial charge in [0.05, 0.1) is 13.1 Å². The van der Waals surface area contributed by atoms with Crippen LogP contribution in [0.1, 0.15) is 6.92 Å². The van der Waals surface area contributed by atoms with Crippen LogP contribution in [0.3, 0.4) is 0 Å². The zero-order chi connectivity index (χ0) is 9.14. The predicted octanol–water partition coefficient (Wildman–Crippen LogP) is -0.0521. The summed E-state index contributed by atoms with van der Waals surface area (Å²) in [5.41, 5.74) is 0.928. The third-order valence-corrected chi connectivity index (χ3v) is 1.43. The van der Waals surface area contributed by atoms with Crippen LogP contribution < -0.4 is 0 Å². The van der Waals surface area contributed by atoms with Crippen molar-refractivity contribution in [2.45, 2.75) is 6.92 Å². The van der Waals surface area contributed by atoms with E-state index in [1.807, 2.05) is 6.92 Å². The molecule has 0 unspecified atom stereocenters. The second-order valence-corrected chi connectivity index (χ2v) is 2.95. The Morgan fingerprint density at radius 3 is 2.42 bits per heavy atom. The quantitative estimate of drug-likeness (QED) is 0.330. The van der Waals surface area contributed by atoms with Crippen LogP contribution in [0.4, 0.5) is 0 Å². The molecule has 0 saturated carbocycles. The van der Waals surface area contributed by atoms with Crippen LogP contribution in [0.15, 0.2) is 12.2 Å². The van der Waals surface area contributed by atoms with E-state index in [2.05, 4.69) is 11.3 Å². The number of hydrogen-bond donors (Lipinski definition) is 0. The molecule has 0 aliphatic carbocycles. The Morgan fingerprint density at radius 2 is 2.00 bits per heavy atom. The molecule has 4 heteroatoms. The van der Waals surface area contributed by atoms with Crippen molar-refractivity contribution in [3.63, 3.8) is 0 Å². The van der Waals surface area contributed by atoms with Crippen molar-refractivity contribution in [2.24, 2.45) is 0 Å². The highest BCUT2D eigenvalue weighted by Crippen LogP contribution is 2.02. The van der Waals surface area contributed by atoms with Gasteiger partial charge >= 0.3 is 11.9 Å². The lowest BCUT2D eigenvalue weighted by Crippen LogP contribution is -2.43. The molecule has 1 heterocycles. The first kappa shape index (κ1) is 8.93. The van der Waals surface area contributed by atoms with Gasteiger partial charge in [0, 0.05) is 6.54 Å². The smallest absolute Gasteiger partial charge is 0.327 e. The predicted molar refractivity (Wildman–Crippen MR) is 42.4 cm³/mol. The number of cyclic esters (lactones) is 2. The molecule has 0 amide bonds. The van der Waals surface area contributed by atoms with Gasteiger partial charge in [-0.2, -0.15) is 0 Å². The van der Waals surface area contributed by atoms with Gasteiger partial charge in [0.25, 0.3) is 0 Å². The Balaban J connectivity index is 2.49. The van der Waals surface area contributed by atoms with Crippen molar-refractivity contribution in [3.05, 3.63) is 12.2 Å². The maximum Gasteiger partial charge on any atom is 0.327 e. The maximum absolute atomic E-state index is 10.8. The van der Waals surface area contributed by atoms with Gasteiger partial charge < -0.3 is 4.74 Å². The normalized spacial score (nSPS) is 19.1. The van der Waals surface area contributed by atoms with Gasteiger partial charge in [-0.25, -0.2) is 0 Å². The fourth-order valence-corrected chi connectivity index (χ4v) is 1.11. The second kappa shape index (κ2) is 3.49. The van der Waals surface area contributed by atoms with Crippen molar-refractivity contribution >= 4 is 11.9 Å². The van der Waals surface area contributed by atoms with Crippen molar-refractivity contribution in [1.82, 2.24) is 4.90 Å². The molecule has 0 bridgehead atoms. The summed E-state index contributed by atoms with van der Waals surface area (Å²) in [5.74, 6) is -0.958. The number of carbonyl (C=O) groups excluding carboxylic acids is 2. The topological polar surface area (TPSA) is 46.6 Å². The van der Waals surface area contributed by atoms with Gasteiger partial charge in [-0.3, -0.25) is 14.5 Å². The number of ether oxygens (including phenoxy) is 1. The first-order valence-electron chi connectivity index (χ1n) is 3.68. The third-order valence-electron chi connectivity index (χ3n) is 1.43. The maximum atomic E-state index is 10.8. The minimum Gasteiger partial charge on any atom is -0.391 e. The highest BCUT2D eigenvalue weighted by Gasteiger charge is 2.23. The lowest BCUT2D eigenvalue weighted by molar-refractivity contribution is -0.166. The Kier molecular flexibility index (Phi) is 2.60. The minimum atomic E-state index is -0.479.